The predicted octanol–water partition coefficient (Wildman–Crippen LogP) is 1.20. The molecule has 0 spiro atoms. The molecule has 0 bridgehead atoms. The maximum absolute atomic E-state index is 11.0. The number of hydrogen-bond donors (Lipinski definition) is 1. The second-order valence-corrected chi connectivity index (χ2v) is 3.19. The zero-order valence-electron chi connectivity index (χ0n) is 6.79. The second-order valence-electron chi connectivity index (χ2n) is 3.19. The van der Waals surface area contributed by atoms with Gasteiger partial charge in [-0.25, -0.2) is 0 Å². The normalized spacial score (nSPS) is 20.5. The van der Waals surface area contributed by atoms with E-state index in [0.29, 0.717) is 0 Å². The summed E-state index contributed by atoms with van der Waals surface area (Å²) in [7, 11) is 0. The monoisotopic (exact) mass is 161 g/mol. The molecule has 2 N–H and O–H groups in total. The fraction of sp³-hybridized carbons (Fsp3) is 0.300. The van der Waals surface area contributed by atoms with E-state index in [2.05, 4.69) is 6.07 Å². The Morgan fingerprint density at radius 2 is 2.17 bits per heavy atom. The Bertz CT molecular complexity index is 319. The van der Waals surface area contributed by atoms with Crippen LogP contribution in [0.5, 0.6) is 0 Å². The number of carbonyl (C=O) groups is 1. The first-order valence-electron chi connectivity index (χ1n) is 4.16. The summed E-state index contributed by atoms with van der Waals surface area (Å²) in [4.78, 5) is 11.0. The number of primary amides is 1. The number of fused-ring (bicyclic) bond motifs is 1. The molecular formula is C10H11NO. The molecule has 1 aliphatic carbocycles. The van der Waals surface area contributed by atoms with Gasteiger partial charge in [-0.05, 0) is 24.0 Å². The van der Waals surface area contributed by atoms with E-state index < -0.39 is 0 Å². The Hall–Kier alpha value is -1.31. The third-order valence-electron chi connectivity index (χ3n) is 2.48. The highest BCUT2D eigenvalue weighted by molar-refractivity contribution is 5.83. The van der Waals surface area contributed by atoms with Crippen LogP contribution < -0.4 is 5.73 Å². The van der Waals surface area contributed by atoms with E-state index in [4.69, 9.17) is 5.73 Å². The van der Waals surface area contributed by atoms with Gasteiger partial charge in [-0.3, -0.25) is 4.79 Å². The van der Waals surface area contributed by atoms with Crippen molar-refractivity contribution in [1.82, 2.24) is 0 Å². The largest absolute Gasteiger partial charge is 0.369 e. The molecule has 0 saturated carbocycles. The predicted molar refractivity (Wildman–Crippen MR) is 46.7 cm³/mol. The van der Waals surface area contributed by atoms with E-state index >= 15 is 0 Å². The van der Waals surface area contributed by atoms with Gasteiger partial charge in [0.2, 0.25) is 5.91 Å². The molecule has 0 unspecified atom stereocenters. The summed E-state index contributed by atoms with van der Waals surface area (Å²) in [6.45, 7) is 0. The van der Waals surface area contributed by atoms with Crippen molar-refractivity contribution < 1.29 is 4.79 Å². The molecule has 1 amide bonds. The quantitative estimate of drug-likeness (QED) is 0.660. The highest BCUT2D eigenvalue weighted by atomic mass is 16.1. The molecule has 1 aliphatic rings. The Balaban J connectivity index is 2.42. The third kappa shape index (κ3) is 0.998. The Morgan fingerprint density at radius 1 is 1.42 bits per heavy atom. The van der Waals surface area contributed by atoms with E-state index in [1.807, 2.05) is 18.2 Å². The second kappa shape index (κ2) is 2.63. The summed E-state index contributed by atoms with van der Waals surface area (Å²) in [5.74, 6) is -0.235. The maximum Gasteiger partial charge on any atom is 0.224 e. The highest BCUT2D eigenvalue weighted by Gasteiger charge is 2.25. The lowest BCUT2D eigenvalue weighted by Gasteiger charge is -2.05. The summed E-state index contributed by atoms with van der Waals surface area (Å²) in [6, 6.07) is 8.03. The van der Waals surface area contributed by atoms with E-state index in [9.17, 15) is 4.79 Å². The van der Waals surface area contributed by atoms with Crippen molar-refractivity contribution in [2.75, 3.05) is 0 Å². The van der Waals surface area contributed by atoms with Gasteiger partial charge in [0.25, 0.3) is 0 Å². The van der Waals surface area contributed by atoms with Crippen LogP contribution in [0.25, 0.3) is 0 Å². The van der Waals surface area contributed by atoms with Crippen LogP contribution in [0.3, 0.4) is 0 Å². The molecule has 0 aromatic heterocycles. The molecule has 2 rings (SSSR count). The number of carbonyl (C=O) groups excluding carboxylic acids is 1. The van der Waals surface area contributed by atoms with Crippen molar-refractivity contribution in [3.8, 4) is 0 Å². The van der Waals surface area contributed by atoms with Crippen LogP contribution >= 0.6 is 0 Å². The first-order chi connectivity index (χ1) is 5.79. The molecule has 2 heteroatoms. The van der Waals surface area contributed by atoms with Gasteiger partial charge in [0.05, 0.1) is 5.92 Å². The number of rotatable bonds is 1. The first kappa shape index (κ1) is 7.35. The SMILES string of the molecule is NC(=O)[C@@H]1CCc2ccccc21. The van der Waals surface area contributed by atoms with Crippen molar-refractivity contribution in [1.29, 1.82) is 0 Å². The van der Waals surface area contributed by atoms with E-state index in [1.54, 1.807) is 0 Å². The minimum Gasteiger partial charge on any atom is -0.369 e. The Kier molecular flexibility index (Phi) is 1.61. The number of benzene rings is 1. The third-order valence-corrected chi connectivity index (χ3v) is 2.48. The molecule has 1 aromatic rings. The molecule has 1 atom stereocenters. The van der Waals surface area contributed by atoms with Crippen LogP contribution in [0, 0.1) is 0 Å². The molecule has 12 heavy (non-hydrogen) atoms. The van der Waals surface area contributed by atoms with Crippen LogP contribution in [-0.2, 0) is 11.2 Å². The van der Waals surface area contributed by atoms with Gasteiger partial charge < -0.3 is 5.73 Å². The van der Waals surface area contributed by atoms with Gasteiger partial charge in [0.1, 0.15) is 0 Å². The summed E-state index contributed by atoms with van der Waals surface area (Å²) in [5, 5.41) is 0. The molecule has 0 aliphatic heterocycles. The minimum atomic E-state index is -0.194. The van der Waals surface area contributed by atoms with Gasteiger partial charge in [-0.1, -0.05) is 24.3 Å². The fourth-order valence-corrected chi connectivity index (χ4v) is 1.85. The Morgan fingerprint density at radius 3 is 2.92 bits per heavy atom. The van der Waals surface area contributed by atoms with E-state index in [1.165, 1.54) is 5.56 Å². The van der Waals surface area contributed by atoms with Crippen molar-refractivity contribution >= 4 is 5.91 Å². The number of aryl methyl sites for hydroxylation is 1. The lowest BCUT2D eigenvalue weighted by Crippen LogP contribution is -2.19. The van der Waals surface area contributed by atoms with Gasteiger partial charge in [-0.2, -0.15) is 0 Å². The van der Waals surface area contributed by atoms with Crippen LogP contribution in [0.2, 0.25) is 0 Å². The standard InChI is InChI=1S/C10H11NO/c11-10(12)9-6-5-7-3-1-2-4-8(7)9/h1-4,9H,5-6H2,(H2,11,12)/t9-/m1/s1. The summed E-state index contributed by atoms with van der Waals surface area (Å²) in [5.41, 5.74) is 7.68. The smallest absolute Gasteiger partial charge is 0.224 e. The summed E-state index contributed by atoms with van der Waals surface area (Å²) >= 11 is 0. The first-order valence-corrected chi connectivity index (χ1v) is 4.16. The number of nitrogens with two attached hydrogens (primary N) is 1. The molecule has 0 fully saturated rings. The number of hydrogen-bond acceptors (Lipinski definition) is 1. The van der Waals surface area contributed by atoms with E-state index in [0.717, 1.165) is 18.4 Å². The van der Waals surface area contributed by atoms with Crippen molar-refractivity contribution in [3.05, 3.63) is 35.4 Å². The topological polar surface area (TPSA) is 43.1 Å². The lowest BCUT2D eigenvalue weighted by molar-refractivity contribution is -0.119. The van der Waals surface area contributed by atoms with E-state index in [-0.39, 0.29) is 11.8 Å². The zero-order valence-corrected chi connectivity index (χ0v) is 6.79. The zero-order chi connectivity index (χ0) is 8.55. The molecular weight excluding hydrogens is 150 g/mol. The van der Waals surface area contributed by atoms with Crippen molar-refractivity contribution in [3.63, 3.8) is 0 Å². The molecule has 2 nitrogen and oxygen atoms in total. The van der Waals surface area contributed by atoms with Crippen LogP contribution in [-0.4, -0.2) is 5.91 Å². The summed E-state index contributed by atoms with van der Waals surface area (Å²) in [6.07, 6.45) is 1.87. The molecule has 0 radical (unpaired) electrons. The minimum absolute atomic E-state index is 0.0406. The average Bonchev–Trinajstić information content (AvgIpc) is 2.47. The molecule has 1 aromatic carbocycles. The van der Waals surface area contributed by atoms with Gasteiger partial charge in [-0.15, -0.1) is 0 Å². The number of amides is 1. The molecule has 0 heterocycles. The van der Waals surface area contributed by atoms with Gasteiger partial charge in [0, 0.05) is 0 Å². The lowest BCUT2D eigenvalue weighted by atomic mass is 10.0. The molecule has 62 valence electrons. The van der Waals surface area contributed by atoms with Crippen LogP contribution in [0.1, 0.15) is 23.5 Å². The van der Waals surface area contributed by atoms with Gasteiger partial charge in [0.15, 0.2) is 0 Å². The van der Waals surface area contributed by atoms with Crippen molar-refractivity contribution in [2.45, 2.75) is 18.8 Å². The summed E-state index contributed by atoms with van der Waals surface area (Å²) < 4.78 is 0. The molecule has 0 saturated heterocycles. The fourth-order valence-electron chi connectivity index (χ4n) is 1.85. The maximum atomic E-state index is 11.0. The van der Waals surface area contributed by atoms with Gasteiger partial charge >= 0.3 is 0 Å². The van der Waals surface area contributed by atoms with Crippen LogP contribution in [0.4, 0.5) is 0 Å². The highest BCUT2D eigenvalue weighted by Crippen LogP contribution is 2.32. The Labute approximate surface area is 71.4 Å². The van der Waals surface area contributed by atoms with Crippen LogP contribution in [0.15, 0.2) is 24.3 Å². The average molecular weight is 161 g/mol. The van der Waals surface area contributed by atoms with Crippen molar-refractivity contribution in [2.24, 2.45) is 5.73 Å².